The minimum atomic E-state index is -0.201. The highest BCUT2D eigenvalue weighted by Crippen LogP contribution is 2.72. The Hall–Kier alpha value is 0.430. The molecule has 0 amide bonds. The highest BCUT2D eigenvalue weighted by atomic mass is 79.9. The van der Waals surface area contributed by atoms with Gasteiger partial charge in [0.05, 0.1) is 9.84 Å². The molecule has 2 nitrogen and oxygen atoms in total. The van der Waals surface area contributed by atoms with Gasteiger partial charge in [0.2, 0.25) is 0 Å². The second-order valence-corrected chi connectivity index (χ2v) is 7.59. The van der Waals surface area contributed by atoms with E-state index < -0.39 is 0 Å². The molecule has 1 saturated carbocycles. The highest BCUT2D eigenvalue weighted by Gasteiger charge is 2.68. The standard InChI is InChI=1S/C9H14Br2O2/c1-6(12)13-5-4-7-8(2,3)9(7,10)11/h7H,4-5H2,1-3H3. The van der Waals surface area contributed by atoms with E-state index in [4.69, 9.17) is 4.74 Å². The summed E-state index contributed by atoms with van der Waals surface area (Å²) in [5, 5.41) is 0. The highest BCUT2D eigenvalue weighted by molar-refractivity contribution is 9.25. The van der Waals surface area contributed by atoms with E-state index in [0.29, 0.717) is 12.5 Å². The van der Waals surface area contributed by atoms with Crippen LogP contribution in [-0.4, -0.2) is 15.8 Å². The maximum Gasteiger partial charge on any atom is 0.302 e. The first-order chi connectivity index (χ1) is 5.80. The number of hydrogen-bond donors (Lipinski definition) is 0. The predicted octanol–water partition coefficient (Wildman–Crippen LogP) is 3.08. The summed E-state index contributed by atoms with van der Waals surface area (Å²) in [4.78, 5) is 10.5. The van der Waals surface area contributed by atoms with Crippen molar-refractivity contribution in [3.05, 3.63) is 0 Å². The molecule has 0 radical (unpaired) electrons. The Labute approximate surface area is 95.7 Å². The molecule has 0 aromatic carbocycles. The van der Waals surface area contributed by atoms with Gasteiger partial charge >= 0.3 is 5.97 Å². The Morgan fingerprint density at radius 2 is 1.92 bits per heavy atom. The van der Waals surface area contributed by atoms with Gasteiger partial charge in [0.25, 0.3) is 0 Å². The average Bonchev–Trinajstić information content (AvgIpc) is 2.30. The number of carbonyl (C=O) groups is 1. The lowest BCUT2D eigenvalue weighted by Crippen LogP contribution is -2.03. The number of ether oxygens (including phenoxy) is 1. The van der Waals surface area contributed by atoms with Crippen molar-refractivity contribution in [1.82, 2.24) is 0 Å². The molecular weight excluding hydrogens is 300 g/mol. The summed E-state index contributed by atoms with van der Waals surface area (Å²) in [5.41, 5.74) is 0.243. The number of esters is 1. The minimum Gasteiger partial charge on any atom is -0.466 e. The van der Waals surface area contributed by atoms with Crippen LogP contribution >= 0.6 is 31.9 Å². The molecule has 0 N–H and O–H groups in total. The van der Waals surface area contributed by atoms with Crippen LogP contribution in [-0.2, 0) is 9.53 Å². The van der Waals surface area contributed by atoms with E-state index in [2.05, 4.69) is 45.7 Å². The summed E-state index contributed by atoms with van der Waals surface area (Å²) in [5.74, 6) is 0.326. The third kappa shape index (κ3) is 2.09. The number of carbonyl (C=O) groups excluding carboxylic acids is 1. The van der Waals surface area contributed by atoms with E-state index in [1.807, 2.05) is 0 Å². The zero-order valence-electron chi connectivity index (χ0n) is 8.06. The first-order valence-corrected chi connectivity index (χ1v) is 5.90. The number of hydrogen-bond acceptors (Lipinski definition) is 2. The maximum atomic E-state index is 10.5. The first kappa shape index (κ1) is 11.5. The molecule has 0 aromatic rings. The van der Waals surface area contributed by atoms with E-state index in [-0.39, 0.29) is 14.6 Å². The summed E-state index contributed by atoms with van der Waals surface area (Å²) < 4.78 is 4.93. The van der Waals surface area contributed by atoms with E-state index >= 15 is 0 Å². The van der Waals surface area contributed by atoms with Gasteiger partial charge in [-0.2, -0.15) is 0 Å². The van der Waals surface area contributed by atoms with Crippen LogP contribution in [0, 0.1) is 11.3 Å². The van der Waals surface area contributed by atoms with Crippen LogP contribution in [0.3, 0.4) is 0 Å². The van der Waals surface area contributed by atoms with Crippen molar-refractivity contribution < 1.29 is 9.53 Å². The second-order valence-electron chi connectivity index (χ2n) is 4.03. The lowest BCUT2D eigenvalue weighted by atomic mass is 10.1. The van der Waals surface area contributed by atoms with Gasteiger partial charge < -0.3 is 4.74 Å². The molecule has 1 unspecified atom stereocenters. The Bertz CT molecular complexity index is 210. The number of halogens is 2. The summed E-state index contributed by atoms with van der Waals surface area (Å²) in [6.45, 7) is 6.33. The summed E-state index contributed by atoms with van der Waals surface area (Å²) in [6.07, 6.45) is 0.906. The Balaban J connectivity index is 2.30. The largest absolute Gasteiger partial charge is 0.466 e. The molecule has 1 fully saturated rings. The van der Waals surface area contributed by atoms with Crippen molar-refractivity contribution >= 4 is 37.8 Å². The molecule has 0 bridgehead atoms. The number of alkyl halides is 2. The molecule has 0 saturated heterocycles. The lowest BCUT2D eigenvalue weighted by molar-refractivity contribution is -0.141. The van der Waals surface area contributed by atoms with Crippen molar-refractivity contribution in [2.75, 3.05) is 6.61 Å². The van der Waals surface area contributed by atoms with Crippen LogP contribution < -0.4 is 0 Å². The molecular formula is C9H14Br2O2. The molecule has 76 valence electrons. The fourth-order valence-electron chi connectivity index (χ4n) is 1.62. The van der Waals surface area contributed by atoms with Gasteiger partial charge in [0.1, 0.15) is 0 Å². The fraction of sp³-hybridized carbons (Fsp3) is 0.889. The van der Waals surface area contributed by atoms with Gasteiger partial charge in [-0.05, 0) is 17.8 Å². The van der Waals surface area contributed by atoms with Gasteiger partial charge in [0.15, 0.2) is 0 Å². The lowest BCUT2D eigenvalue weighted by Gasteiger charge is -2.01. The van der Waals surface area contributed by atoms with Crippen LogP contribution in [0.2, 0.25) is 0 Å². The van der Waals surface area contributed by atoms with Gasteiger partial charge in [0, 0.05) is 6.92 Å². The molecule has 1 atom stereocenters. The van der Waals surface area contributed by atoms with Crippen LogP contribution in [0.5, 0.6) is 0 Å². The molecule has 13 heavy (non-hydrogen) atoms. The molecule has 1 rings (SSSR count). The number of rotatable bonds is 3. The summed E-state index contributed by atoms with van der Waals surface area (Å²) in [7, 11) is 0. The van der Waals surface area contributed by atoms with Crippen molar-refractivity contribution in [3.8, 4) is 0 Å². The SMILES string of the molecule is CC(=O)OCCC1C(C)(C)C1(Br)Br. The molecule has 0 spiro atoms. The fourth-order valence-corrected chi connectivity index (χ4v) is 3.55. The van der Waals surface area contributed by atoms with Crippen molar-refractivity contribution in [2.24, 2.45) is 11.3 Å². The van der Waals surface area contributed by atoms with E-state index in [1.54, 1.807) is 0 Å². The first-order valence-electron chi connectivity index (χ1n) is 4.31. The van der Waals surface area contributed by atoms with Gasteiger partial charge in [-0.15, -0.1) is 0 Å². The molecule has 0 heterocycles. The van der Waals surface area contributed by atoms with Gasteiger partial charge in [-0.3, -0.25) is 4.79 Å². The van der Waals surface area contributed by atoms with Gasteiger partial charge in [-0.25, -0.2) is 0 Å². The summed E-state index contributed by atoms with van der Waals surface area (Å²) >= 11 is 7.24. The molecule has 1 aliphatic rings. The Kier molecular flexibility index (Phi) is 3.13. The van der Waals surface area contributed by atoms with Crippen molar-refractivity contribution in [1.29, 1.82) is 0 Å². The summed E-state index contributed by atoms with van der Waals surface area (Å²) in [6, 6.07) is 0. The van der Waals surface area contributed by atoms with Crippen LogP contribution in [0.25, 0.3) is 0 Å². The molecule has 4 heteroatoms. The maximum absolute atomic E-state index is 10.5. The predicted molar refractivity (Wildman–Crippen MR) is 59.1 cm³/mol. The monoisotopic (exact) mass is 312 g/mol. The minimum absolute atomic E-state index is 0.0349. The third-order valence-electron chi connectivity index (χ3n) is 2.80. The third-order valence-corrected chi connectivity index (χ3v) is 5.95. The zero-order chi connectivity index (χ0) is 10.3. The quantitative estimate of drug-likeness (QED) is 0.591. The molecule has 0 aliphatic heterocycles. The zero-order valence-corrected chi connectivity index (χ0v) is 11.2. The van der Waals surface area contributed by atoms with Crippen LogP contribution in [0.1, 0.15) is 27.2 Å². The van der Waals surface area contributed by atoms with E-state index in [9.17, 15) is 4.79 Å². The Morgan fingerprint density at radius 3 is 2.23 bits per heavy atom. The Morgan fingerprint density at radius 1 is 1.46 bits per heavy atom. The van der Waals surface area contributed by atoms with Crippen LogP contribution in [0.4, 0.5) is 0 Å². The van der Waals surface area contributed by atoms with E-state index in [0.717, 1.165) is 6.42 Å². The van der Waals surface area contributed by atoms with E-state index in [1.165, 1.54) is 6.92 Å². The topological polar surface area (TPSA) is 26.3 Å². The van der Waals surface area contributed by atoms with Crippen LogP contribution in [0.15, 0.2) is 0 Å². The van der Waals surface area contributed by atoms with Crippen molar-refractivity contribution in [3.63, 3.8) is 0 Å². The average molecular weight is 314 g/mol. The second kappa shape index (κ2) is 3.54. The van der Waals surface area contributed by atoms with Gasteiger partial charge in [-0.1, -0.05) is 45.7 Å². The molecule has 0 aromatic heterocycles. The molecule has 1 aliphatic carbocycles. The smallest absolute Gasteiger partial charge is 0.302 e. The normalized spacial score (nSPS) is 28.2. The van der Waals surface area contributed by atoms with Crippen molar-refractivity contribution in [2.45, 2.75) is 30.4 Å².